The molecule has 2 aromatic rings. The fourth-order valence-corrected chi connectivity index (χ4v) is 3.48. The van der Waals surface area contributed by atoms with Gasteiger partial charge in [0.15, 0.2) is 0 Å². The molecular formula is C16H14BrNO2. The zero-order valence-electron chi connectivity index (χ0n) is 10.7. The summed E-state index contributed by atoms with van der Waals surface area (Å²) in [5, 5.41) is 8.93. The van der Waals surface area contributed by atoms with Crippen LogP contribution in [0.5, 0.6) is 0 Å². The molecule has 1 aliphatic carbocycles. The Hall–Kier alpha value is -1.65. The number of nitrogens with one attached hydrogen (secondary N) is 1. The molecule has 1 aliphatic rings. The Bertz CT molecular complexity index is 629. The highest BCUT2D eigenvalue weighted by Gasteiger charge is 2.56. The Morgan fingerprint density at radius 2 is 1.65 bits per heavy atom. The quantitative estimate of drug-likeness (QED) is 0.668. The van der Waals surface area contributed by atoms with Crippen molar-refractivity contribution >= 4 is 21.8 Å². The maximum Gasteiger partial charge on any atom is 0.247 e. The summed E-state index contributed by atoms with van der Waals surface area (Å²) in [5.74, 6) is -0.331. The number of hydrogen-bond donors (Lipinski definition) is 2. The van der Waals surface area contributed by atoms with Crippen molar-refractivity contribution in [3.63, 3.8) is 0 Å². The van der Waals surface area contributed by atoms with Crippen molar-refractivity contribution in [2.24, 2.45) is 5.92 Å². The predicted octanol–water partition coefficient (Wildman–Crippen LogP) is 3.45. The van der Waals surface area contributed by atoms with Gasteiger partial charge in [0.05, 0.1) is 5.92 Å². The molecule has 4 heteroatoms. The number of carbonyl (C=O) groups is 1. The Labute approximate surface area is 125 Å². The lowest BCUT2D eigenvalue weighted by atomic mass is 10.0. The molecule has 0 aromatic heterocycles. The van der Waals surface area contributed by atoms with Gasteiger partial charge in [0.25, 0.3) is 0 Å². The second-order valence-electron chi connectivity index (χ2n) is 4.99. The Morgan fingerprint density at radius 3 is 2.30 bits per heavy atom. The summed E-state index contributed by atoms with van der Waals surface area (Å²) in [6.07, 6.45) is 0. The normalized spacial score (nSPS) is 24.2. The standard InChI is InChI=1S/C16H14BrNO2/c17-12-9-5-4-8-11(12)14-13(15(14)16(19)18-20)10-6-2-1-3-7-10/h1-9,13-15,20H,(H,18,19). The summed E-state index contributed by atoms with van der Waals surface area (Å²) >= 11 is 3.54. The predicted molar refractivity (Wildman–Crippen MR) is 79.5 cm³/mol. The first-order chi connectivity index (χ1) is 9.74. The van der Waals surface area contributed by atoms with Crippen LogP contribution in [0.25, 0.3) is 0 Å². The lowest BCUT2D eigenvalue weighted by Gasteiger charge is -2.03. The van der Waals surface area contributed by atoms with Crippen molar-refractivity contribution in [1.29, 1.82) is 0 Å². The summed E-state index contributed by atoms with van der Waals surface area (Å²) in [6.45, 7) is 0. The van der Waals surface area contributed by atoms with Gasteiger partial charge in [-0.05, 0) is 17.2 Å². The van der Waals surface area contributed by atoms with Gasteiger partial charge in [0, 0.05) is 16.3 Å². The van der Waals surface area contributed by atoms with Gasteiger partial charge >= 0.3 is 0 Å². The van der Waals surface area contributed by atoms with Crippen LogP contribution in [0, 0.1) is 5.92 Å². The minimum atomic E-state index is -0.320. The van der Waals surface area contributed by atoms with Gasteiger partial charge in [-0.3, -0.25) is 10.0 Å². The molecule has 0 radical (unpaired) electrons. The molecular weight excluding hydrogens is 318 g/mol. The highest BCUT2D eigenvalue weighted by atomic mass is 79.9. The molecule has 20 heavy (non-hydrogen) atoms. The first-order valence-corrected chi connectivity index (χ1v) is 7.26. The van der Waals surface area contributed by atoms with E-state index in [2.05, 4.69) is 15.9 Å². The van der Waals surface area contributed by atoms with Gasteiger partial charge in [-0.2, -0.15) is 0 Å². The third-order valence-electron chi connectivity index (χ3n) is 3.88. The van der Waals surface area contributed by atoms with Crippen LogP contribution in [0.2, 0.25) is 0 Å². The second-order valence-corrected chi connectivity index (χ2v) is 5.84. The molecule has 0 bridgehead atoms. The van der Waals surface area contributed by atoms with Crippen LogP contribution in [0.1, 0.15) is 23.0 Å². The van der Waals surface area contributed by atoms with Gasteiger partial charge < -0.3 is 0 Å². The van der Waals surface area contributed by atoms with Crippen LogP contribution in [0.15, 0.2) is 59.1 Å². The van der Waals surface area contributed by atoms with E-state index >= 15 is 0 Å². The van der Waals surface area contributed by atoms with Crippen molar-refractivity contribution in [2.45, 2.75) is 11.8 Å². The number of hydrogen-bond acceptors (Lipinski definition) is 2. The number of carbonyl (C=O) groups excluding carboxylic acids is 1. The number of benzene rings is 2. The first kappa shape index (κ1) is 13.3. The number of halogens is 1. The summed E-state index contributed by atoms with van der Waals surface area (Å²) in [6, 6.07) is 17.9. The molecule has 0 saturated heterocycles. The summed E-state index contributed by atoms with van der Waals surface area (Å²) in [4.78, 5) is 11.9. The van der Waals surface area contributed by atoms with E-state index in [1.807, 2.05) is 54.6 Å². The van der Waals surface area contributed by atoms with Crippen LogP contribution in [0.3, 0.4) is 0 Å². The molecule has 3 unspecified atom stereocenters. The van der Waals surface area contributed by atoms with Crippen molar-refractivity contribution in [3.05, 3.63) is 70.2 Å². The largest absolute Gasteiger partial charge is 0.289 e. The van der Waals surface area contributed by atoms with Gasteiger partial charge in [-0.25, -0.2) is 5.48 Å². The molecule has 2 N–H and O–H groups in total. The molecule has 0 aliphatic heterocycles. The van der Waals surface area contributed by atoms with Crippen LogP contribution in [-0.4, -0.2) is 11.1 Å². The van der Waals surface area contributed by atoms with Crippen molar-refractivity contribution in [3.8, 4) is 0 Å². The maximum atomic E-state index is 11.9. The summed E-state index contributed by atoms with van der Waals surface area (Å²) in [5.41, 5.74) is 4.02. The number of rotatable bonds is 3. The molecule has 3 nitrogen and oxygen atoms in total. The van der Waals surface area contributed by atoms with Crippen molar-refractivity contribution in [2.75, 3.05) is 0 Å². The Morgan fingerprint density at radius 1 is 1.00 bits per heavy atom. The van der Waals surface area contributed by atoms with E-state index < -0.39 is 0 Å². The SMILES string of the molecule is O=C(NO)C1C(c2ccccc2)C1c1ccccc1Br. The molecule has 1 saturated carbocycles. The van der Waals surface area contributed by atoms with E-state index in [0.717, 1.165) is 15.6 Å². The molecule has 102 valence electrons. The fourth-order valence-electron chi connectivity index (χ4n) is 2.93. The smallest absolute Gasteiger partial charge is 0.247 e. The molecule has 3 atom stereocenters. The number of amides is 1. The zero-order valence-corrected chi connectivity index (χ0v) is 12.2. The number of hydroxylamine groups is 1. The van der Waals surface area contributed by atoms with Crippen LogP contribution >= 0.6 is 15.9 Å². The van der Waals surface area contributed by atoms with Gasteiger partial charge in [0.1, 0.15) is 0 Å². The van der Waals surface area contributed by atoms with Crippen molar-refractivity contribution in [1.82, 2.24) is 5.48 Å². The molecule has 0 heterocycles. The second kappa shape index (κ2) is 5.38. The van der Waals surface area contributed by atoms with Gasteiger partial charge in [-0.1, -0.05) is 64.5 Å². The van der Waals surface area contributed by atoms with E-state index in [4.69, 9.17) is 5.21 Å². The van der Waals surface area contributed by atoms with Gasteiger partial charge in [-0.15, -0.1) is 0 Å². The minimum absolute atomic E-state index is 0.0973. The molecule has 2 aromatic carbocycles. The van der Waals surface area contributed by atoms with Crippen LogP contribution < -0.4 is 5.48 Å². The minimum Gasteiger partial charge on any atom is -0.289 e. The monoisotopic (exact) mass is 331 g/mol. The summed E-state index contributed by atoms with van der Waals surface area (Å²) in [7, 11) is 0. The lowest BCUT2D eigenvalue weighted by molar-refractivity contribution is -0.130. The Kier molecular flexibility index (Phi) is 3.59. The van der Waals surface area contributed by atoms with E-state index in [0.29, 0.717) is 0 Å². The third-order valence-corrected chi connectivity index (χ3v) is 4.60. The van der Waals surface area contributed by atoms with Crippen LogP contribution in [0.4, 0.5) is 0 Å². The van der Waals surface area contributed by atoms with E-state index in [9.17, 15) is 4.79 Å². The van der Waals surface area contributed by atoms with E-state index in [1.54, 1.807) is 5.48 Å². The molecule has 3 rings (SSSR count). The average molecular weight is 332 g/mol. The highest BCUT2D eigenvalue weighted by molar-refractivity contribution is 9.10. The first-order valence-electron chi connectivity index (χ1n) is 6.47. The third kappa shape index (κ3) is 2.25. The zero-order chi connectivity index (χ0) is 14.1. The fraction of sp³-hybridized carbons (Fsp3) is 0.188. The maximum absolute atomic E-state index is 11.9. The van der Waals surface area contributed by atoms with E-state index in [1.165, 1.54) is 0 Å². The van der Waals surface area contributed by atoms with Crippen LogP contribution in [-0.2, 0) is 4.79 Å². The average Bonchev–Trinajstić information content (AvgIpc) is 3.23. The Balaban J connectivity index is 1.97. The van der Waals surface area contributed by atoms with E-state index in [-0.39, 0.29) is 23.7 Å². The lowest BCUT2D eigenvalue weighted by Crippen LogP contribution is -2.21. The van der Waals surface area contributed by atoms with Gasteiger partial charge in [0.2, 0.25) is 5.91 Å². The highest BCUT2D eigenvalue weighted by Crippen LogP contribution is 2.61. The summed E-state index contributed by atoms with van der Waals surface area (Å²) < 4.78 is 0.999. The van der Waals surface area contributed by atoms with Crippen molar-refractivity contribution < 1.29 is 10.0 Å². The molecule has 1 amide bonds. The molecule has 0 spiro atoms. The molecule has 1 fully saturated rings. The topological polar surface area (TPSA) is 49.3 Å².